The van der Waals surface area contributed by atoms with Crippen molar-refractivity contribution in [3.8, 4) is 0 Å². The zero-order chi connectivity index (χ0) is 14.6. The van der Waals surface area contributed by atoms with Gasteiger partial charge in [0, 0.05) is 5.56 Å². The summed E-state index contributed by atoms with van der Waals surface area (Å²) in [6.45, 7) is 3.54. The quantitative estimate of drug-likeness (QED) is 0.673. The lowest BCUT2D eigenvalue weighted by molar-refractivity contribution is 0.0786. The Kier molecular flexibility index (Phi) is 4.16. The van der Waals surface area contributed by atoms with E-state index in [1.807, 2.05) is 48.6 Å². The van der Waals surface area contributed by atoms with Crippen LogP contribution >= 0.6 is 0 Å². The standard InChI is InChI=1S/C18H18O2/c1-18(2,20)17-11-9-15(10-12-17)4-3-14-5-7-16(13-19)8-6-14/h3-13,20H,1-2H3/b4-3+. The molecule has 0 radical (unpaired) electrons. The van der Waals surface area contributed by atoms with Crippen molar-refractivity contribution in [1.29, 1.82) is 0 Å². The van der Waals surface area contributed by atoms with Crippen LogP contribution in [-0.2, 0) is 5.60 Å². The first-order chi connectivity index (χ1) is 9.49. The van der Waals surface area contributed by atoms with Crippen molar-refractivity contribution in [3.05, 3.63) is 70.8 Å². The Hall–Kier alpha value is -2.19. The summed E-state index contributed by atoms with van der Waals surface area (Å²) in [5.74, 6) is 0. The predicted molar refractivity (Wildman–Crippen MR) is 82.4 cm³/mol. The summed E-state index contributed by atoms with van der Waals surface area (Å²) in [4.78, 5) is 10.6. The molecule has 0 atom stereocenters. The molecule has 0 aromatic heterocycles. The van der Waals surface area contributed by atoms with Gasteiger partial charge in [-0.05, 0) is 30.5 Å². The fraction of sp³-hybridized carbons (Fsp3) is 0.167. The minimum Gasteiger partial charge on any atom is -0.386 e. The molecule has 2 aromatic carbocycles. The molecule has 2 aromatic rings. The summed E-state index contributed by atoms with van der Waals surface area (Å²) in [6.07, 6.45) is 4.83. The maximum Gasteiger partial charge on any atom is 0.150 e. The van der Waals surface area contributed by atoms with Crippen LogP contribution in [-0.4, -0.2) is 11.4 Å². The normalized spacial score (nSPS) is 11.8. The Morgan fingerprint density at radius 1 is 0.800 bits per heavy atom. The van der Waals surface area contributed by atoms with E-state index >= 15 is 0 Å². The minimum atomic E-state index is -0.813. The van der Waals surface area contributed by atoms with Crippen LogP contribution in [0.5, 0.6) is 0 Å². The van der Waals surface area contributed by atoms with Crippen molar-refractivity contribution in [1.82, 2.24) is 0 Å². The lowest BCUT2D eigenvalue weighted by Crippen LogP contribution is -2.14. The van der Waals surface area contributed by atoms with E-state index in [1.165, 1.54) is 0 Å². The van der Waals surface area contributed by atoms with Crippen LogP contribution in [0.25, 0.3) is 12.2 Å². The van der Waals surface area contributed by atoms with Gasteiger partial charge in [0.15, 0.2) is 0 Å². The number of hydrogen-bond acceptors (Lipinski definition) is 2. The van der Waals surface area contributed by atoms with E-state index in [4.69, 9.17) is 0 Å². The first-order valence-electron chi connectivity index (χ1n) is 6.55. The Bertz CT molecular complexity index is 599. The molecule has 2 nitrogen and oxygen atoms in total. The van der Waals surface area contributed by atoms with Crippen molar-refractivity contribution in [2.75, 3.05) is 0 Å². The van der Waals surface area contributed by atoms with Gasteiger partial charge in [-0.25, -0.2) is 0 Å². The van der Waals surface area contributed by atoms with Gasteiger partial charge in [0.25, 0.3) is 0 Å². The summed E-state index contributed by atoms with van der Waals surface area (Å²) >= 11 is 0. The topological polar surface area (TPSA) is 37.3 Å². The van der Waals surface area contributed by atoms with Crippen LogP contribution in [0, 0.1) is 0 Å². The number of carbonyl (C=O) groups excluding carboxylic acids is 1. The number of benzene rings is 2. The molecule has 0 spiro atoms. The highest BCUT2D eigenvalue weighted by Crippen LogP contribution is 2.20. The van der Waals surface area contributed by atoms with E-state index in [1.54, 1.807) is 26.0 Å². The van der Waals surface area contributed by atoms with E-state index in [0.717, 1.165) is 23.0 Å². The maximum absolute atomic E-state index is 10.6. The number of aldehydes is 1. The molecule has 0 aliphatic carbocycles. The Morgan fingerprint density at radius 2 is 1.20 bits per heavy atom. The van der Waals surface area contributed by atoms with Crippen molar-refractivity contribution in [3.63, 3.8) is 0 Å². The average Bonchev–Trinajstić information content (AvgIpc) is 2.45. The summed E-state index contributed by atoms with van der Waals surface area (Å²) in [7, 11) is 0. The fourth-order valence-electron chi connectivity index (χ4n) is 1.88. The molecule has 2 rings (SSSR count). The van der Waals surface area contributed by atoms with Gasteiger partial charge in [-0.15, -0.1) is 0 Å². The van der Waals surface area contributed by atoms with Crippen molar-refractivity contribution in [2.45, 2.75) is 19.4 Å². The molecule has 0 unspecified atom stereocenters. The second kappa shape index (κ2) is 5.85. The van der Waals surface area contributed by atoms with Crippen LogP contribution in [0.1, 0.15) is 40.9 Å². The second-order valence-electron chi connectivity index (χ2n) is 5.30. The Labute approximate surface area is 119 Å². The number of aliphatic hydroxyl groups is 1. The molecule has 0 heterocycles. The molecular weight excluding hydrogens is 248 g/mol. The van der Waals surface area contributed by atoms with Gasteiger partial charge in [0.1, 0.15) is 6.29 Å². The van der Waals surface area contributed by atoms with E-state index in [-0.39, 0.29) is 0 Å². The highest BCUT2D eigenvalue weighted by molar-refractivity contribution is 5.76. The lowest BCUT2D eigenvalue weighted by atomic mass is 9.97. The van der Waals surface area contributed by atoms with Gasteiger partial charge < -0.3 is 5.11 Å². The molecule has 0 saturated heterocycles. The molecule has 0 bridgehead atoms. The van der Waals surface area contributed by atoms with Crippen LogP contribution in [0.15, 0.2) is 48.5 Å². The Morgan fingerprint density at radius 3 is 1.60 bits per heavy atom. The van der Waals surface area contributed by atoms with E-state index in [2.05, 4.69) is 0 Å². The zero-order valence-corrected chi connectivity index (χ0v) is 11.7. The Balaban J connectivity index is 2.12. The monoisotopic (exact) mass is 266 g/mol. The van der Waals surface area contributed by atoms with Crippen LogP contribution < -0.4 is 0 Å². The van der Waals surface area contributed by atoms with E-state index in [0.29, 0.717) is 5.56 Å². The van der Waals surface area contributed by atoms with Crippen molar-refractivity contribution < 1.29 is 9.90 Å². The third-order valence-electron chi connectivity index (χ3n) is 3.16. The van der Waals surface area contributed by atoms with Gasteiger partial charge in [0.05, 0.1) is 5.60 Å². The number of rotatable bonds is 4. The maximum atomic E-state index is 10.6. The summed E-state index contributed by atoms with van der Waals surface area (Å²) in [5, 5.41) is 9.89. The van der Waals surface area contributed by atoms with Gasteiger partial charge in [-0.1, -0.05) is 60.7 Å². The summed E-state index contributed by atoms with van der Waals surface area (Å²) in [5.41, 5.74) is 2.87. The molecule has 0 saturated carbocycles. The van der Waals surface area contributed by atoms with Crippen molar-refractivity contribution in [2.24, 2.45) is 0 Å². The van der Waals surface area contributed by atoms with Crippen LogP contribution in [0.4, 0.5) is 0 Å². The van der Waals surface area contributed by atoms with Gasteiger partial charge in [-0.3, -0.25) is 4.79 Å². The molecular formula is C18H18O2. The zero-order valence-electron chi connectivity index (χ0n) is 11.7. The molecule has 0 aliphatic heterocycles. The number of hydrogen-bond donors (Lipinski definition) is 1. The van der Waals surface area contributed by atoms with Gasteiger partial charge in [-0.2, -0.15) is 0 Å². The van der Waals surface area contributed by atoms with Crippen molar-refractivity contribution >= 4 is 18.4 Å². The first-order valence-corrected chi connectivity index (χ1v) is 6.55. The third-order valence-corrected chi connectivity index (χ3v) is 3.16. The second-order valence-corrected chi connectivity index (χ2v) is 5.30. The molecule has 0 aliphatic rings. The van der Waals surface area contributed by atoms with Gasteiger partial charge in [0.2, 0.25) is 0 Å². The molecule has 1 N–H and O–H groups in total. The summed E-state index contributed by atoms with van der Waals surface area (Å²) in [6, 6.07) is 15.2. The smallest absolute Gasteiger partial charge is 0.150 e. The largest absolute Gasteiger partial charge is 0.386 e. The molecule has 0 amide bonds. The molecule has 0 fully saturated rings. The van der Waals surface area contributed by atoms with E-state index in [9.17, 15) is 9.90 Å². The van der Waals surface area contributed by atoms with Crippen LogP contribution in [0.2, 0.25) is 0 Å². The highest BCUT2D eigenvalue weighted by Gasteiger charge is 2.14. The first kappa shape index (κ1) is 14.2. The average molecular weight is 266 g/mol. The third kappa shape index (κ3) is 3.65. The summed E-state index contributed by atoms with van der Waals surface area (Å²) < 4.78 is 0. The molecule has 20 heavy (non-hydrogen) atoms. The lowest BCUT2D eigenvalue weighted by Gasteiger charge is -2.17. The molecule has 2 heteroatoms. The van der Waals surface area contributed by atoms with Gasteiger partial charge >= 0.3 is 0 Å². The molecule has 102 valence electrons. The highest BCUT2D eigenvalue weighted by atomic mass is 16.3. The fourth-order valence-corrected chi connectivity index (χ4v) is 1.88. The number of carbonyl (C=O) groups is 1. The van der Waals surface area contributed by atoms with Crippen LogP contribution in [0.3, 0.4) is 0 Å². The minimum absolute atomic E-state index is 0.677. The predicted octanol–water partition coefficient (Wildman–Crippen LogP) is 3.90. The van der Waals surface area contributed by atoms with E-state index < -0.39 is 5.60 Å². The SMILES string of the molecule is CC(C)(O)c1ccc(/C=C/c2ccc(C=O)cc2)cc1.